The third-order valence-electron chi connectivity index (χ3n) is 3.92. The summed E-state index contributed by atoms with van der Waals surface area (Å²) in [6.07, 6.45) is 2.48. The lowest BCUT2D eigenvalue weighted by molar-refractivity contribution is 0.171. The smallest absolute Gasteiger partial charge is 0.162 e. The molecule has 0 bridgehead atoms. The maximum absolute atomic E-state index is 5.61. The normalized spacial score (nSPS) is 17.0. The number of nitrogens with zero attached hydrogens (tertiary/aromatic N) is 3. The molecule has 5 nitrogen and oxygen atoms in total. The number of ether oxygens (including phenoxy) is 2. The third-order valence-corrected chi connectivity index (χ3v) is 3.92. The fourth-order valence-electron chi connectivity index (χ4n) is 2.80. The number of anilines is 1. The van der Waals surface area contributed by atoms with Crippen molar-refractivity contribution in [2.24, 2.45) is 0 Å². The topological polar surface area (TPSA) is 47.5 Å². The van der Waals surface area contributed by atoms with Gasteiger partial charge in [0.05, 0.1) is 5.69 Å². The molecule has 0 N–H and O–H groups in total. The van der Waals surface area contributed by atoms with Crippen molar-refractivity contribution in [3.8, 4) is 22.8 Å². The number of rotatable bonds is 2. The molecule has 0 atom stereocenters. The van der Waals surface area contributed by atoms with Gasteiger partial charge in [0, 0.05) is 18.7 Å². The van der Waals surface area contributed by atoms with Gasteiger partial charge >= 0.3 is 0 Å². The van der Waals surface area contributed by atoms with Gasteiger partial charge in [0.15, 0.2) is 17.3 Å². The van der Waals surface area contributed by atoms with E-state index in [9.17, 15) is 0 Å². The molecule has 1 aromatic carbocycles. The molecule has 1 aromatic heterocycles. The van der Waals surface area contributed by atoms with E-state index < -0.39 is 0 Å². The predicted molar refractivity (Wildman–Crippen MR) is 79.9 cm³/mol. The summed E-state index contributed by atoms with van der Waals surface area (Å²) in [6, 6.07) is 9.96. The summed E-state index contributed by atoms with van der Waals surface area (Å²) in [5.41, 5.74) is 1.86. The molecule has 4 rings (SSSR count). The standard InChI is InChI=1S/C16H17N3O2/c1-2-8-19(7-1)16-6-4-13(17-18-16)12-3-5-14-15(11-12)21-10-9-20-14/h3-6,11H,1-2,7-10H2. The summed E-state index contributed by atoms with van der Waals surface area (Å²) >= 11 is 0. The van der Waals surface area contributed by atoms with Crippen LogP contribution in [0.1, 0.15) is 12.8 Å². The Kier molecular flexibility index (Phi) is 3.10. The van der Waals surface area contributed by atoms with E-state index in [2.05, 4.69) is 15.1 Å². The molecule has 0 amide bonds. The van der Waals surface area contributed by atoms with E-state index in [1.54, 1.807) is 0 Å². The minimum Gasteiger partial charge on any atom is -0.486 e. The molecule has 1 fully saturated rings. The van der Waals surface area contributed by atoms with Crippen LogP contribution >= 0.6 is 0 Å². The lowest BCUT2D eigenvalue weighted by Crippen LogP contribution is -2.19. The number of hydrogen-bond donors (Lipinski definition) is 0. The Morgan fingerprint density at radius 2 is 1.67 bits per heavy atom. The maximum atomic E-state index is 5.61. The average Bonchev–Trinajstić information content (AvgIpc) is 3.09. The molecule has 0 radical (unpaired) electrons. The molecule has 2 aromatic rings. The molecule has 5 heteroatoms. The Balaban J connectivity index is 1.61. The van der Waals surface area contributed by atoms with E-state index in [1.165, 1.54) is 12.8 Å². The average molecular weight is 283 g/mol. The van der Waals surface area contributed by atoms with Crippen LogP contribution in [-0.4, -0.2) is 36.5 Å². The van der Waals surface area contributed by atoms with Crippen LogP contribution in [0.5, 0.6) is 11.5 Å². The molecule has 3 heterocycles. The number of fused-ring (bicyclic) bond motifs is 1. The first-order chi connectivity index (χ1) is 10.4. The minimum absolute atomic E-state index is 0.593. The zero-order chi connectivity index (χ0) is 14.1. The second-order valence-electron chi connectivity index (χ2n) is 5.33. The first-order valence-electron chi connectivity index (χ1n) is 7.39. The quantitative estimate of drug-likeness (QED) is 0.847. The van der Waals surface area contributed by atoms with Crippen molar-refractivity contribution in [2.75, 3.05) is 31.2 Å². The predicted octanol–water partition coefficient (Wildman–Crippen LogP) is 2.52. The Morgan fingerprint density at radius 3 is 2.43 bits per heavy atom. The Labute approximate surface area is 123 Å². The van der Waals surface area contributed by atoms with Crippen LogP contribution in [0.15, 0.2) is 30.3 Å². The first-order valence-corrected chi connectivity index (χ1v) is 7.39. The van der Waals surface area contributed by atoms with Crippen LogP contribution in [0.4, 0.5) is 5.82 Å². The van der Waals surface area contributed by atoms with Crippen molar-refractivity contribution in [3.63, 3.8) is 0 Å². The fraction of sp³-hybridized carbons (Fsp3) is 0.375. The van der Waals surface area contributed by atoms with Crippen molar-refractivity contribution in [1.82, 2.24) is 10.2 Å². The summed E-state index contributed by atoms with van der Waals surface area (Å²) in [7, 11) is 0. The van der Waals surface area contributed by atoms with Crippen molar-refractivity contribution < 1.29 is 9.47 Å². The molecular formula is C16H17N3O2. The highest BCUT2D eigenvalue weighted by Gasteiger charge is 2.15. The highest BCUT2D eigenvalue weighted by atomic mass is 16.6. The number of hydrogen-bond acceptors (Lipinski definition) is 5. The minimum atomic E-state index is 0.593. The second kappa shape index (κ2) is 5.24. The van der Waals surface area contributed by atoms with Crippen LogP contribution in [0.3, 0.4) is 0 Å². The zero-order valence-corrected chi connectivity index (χ0v) is 11.8. The van der Waals surface area contributed by atoms with Gasteiger partial charge < -0.3 is 14.4 Å². The largest absolute Gasteiger partial charge is 0.486 e. The summed E-state index contributed by atoms with van der Waals surface area (Å²) in [6.45, 7) is 3.36. The third kappa shape index (κ3) is 2.39. The SMILES string of the molecule is c1cc2c(cc1-c1ccc(N3CCCC3)nn1)OCCO2. The van der Waals surface area contributed by atoms with Gasteiger partial charge in [-0.3, -0.25) is 0 Å². The Bertz CT molecular complexity index is 636. The van der Waals surface area contributed by atoms with Gasteiger partial charge in [0.1, 0.15) is 13.2 Å². The van der Waals surface area contributed by atoms with Crippen molar-refractivity contribution in [3.05, 3.63) is 30.3 Å². The number of benzene rings is 1. The van der Waals surface area contributed by atoms with Crippen LogP contribution in [0, 0.1) is 0 Å². The lowest BCUT2D eigenvalue weighted by Gasteiger charge is -2.19. The monoisotopic (exact) mass is 283 g/mol. The molecule has 0 saturated carbocycles. The highest BCUT2D eigenvalue weighted by molar-refractivity contribution is 5.64. The highest BCUT2D eigenvalue weighted by Crippen LogP contribution is 2.34. The molecule has 108 valence electrons. The van der Waals surface area contributed by atoms with Gasteiger partial charge in [0.25, 0.3) is 0 Å². The van der Waals surface area contributed by atoms with E-state index in [1.807, 2.05) is 30.3 Å². The van der Waals surface area contributed by atoms with E-state index in [0.29, 0.717) is 13.2 Å². The van der Waals surface area contributed by atoms with Crippen molar-refractivity contribution >= 4 is 5.82 Å². The lowest BCUT2D eigenvalue weighted by atomic mass is 10.1. The molecule has 0 unspecified atom stereocenters. The molecule has 0 spiro atoms. The molecule has 1 saturated heterocycles. The molecule has 2 aliphatic rings. The Hall–Kier alpha value is -2.30. The molecular weight excluding hydrogens is 266 g/mol. The van der Waals surface area contributed by atoms with Gasteiger partial charge in [-0.25, -0.2) is 0 Å². The van der Waals surface area contributed by atoms with Crippen LogP contribution in [0.2, 0.25) is 0 Å². The zero-order valence-electron chi connectivity index (χ0n) is 11.8. The van der Waals surface area contributed by atoms with E-state index in [4.69, 9.17) is 9.47 Å². The summed E-state index contributed by atoms with van der Waals surface area (Å²) in [5, 5.41) is 8.71. The van der Waals surface area contributed by atoms with Gasteiger partial charge in [0.2, 0.25) is 0 Å². The molecule has 0 aliphatic carbocycles. The van der Waals surface area contributed by atoms with Gasteiger partial charge in [-0.05, 0) is 43.2 Å². The van der Waals surface area contributed by atoms with E-state index in [0.717, 1.165) is 41.7 Å². The molecule has 21 heavy (non-hydrogen) atoms. The van der Waals surface area contributed by atoms with Crippen molar-refractivity contribution in [2.45, 2.75) is 12.8 Å². The van der Waals surface area contributed by atoms with E-state index in [-0.39, 0.29) is 0 Å². The molecule has 2 aliphatic heterocycles. The first kappa shape index (κ1) is 12.4. The Morgan fingerprint density at radius 1 is 0.857 bits per heavy atom. The maximum Gasteiger partial charge on any atom is 0.162 e. The van der Waals surface area contributed by atoms with Gasteiger partial charge in [-0.2, -0.15) is 0 Å². The van der Waals surface area contributed by atoms with E-state index >= 15 is 0 Å². The van der Waals surface area contributed by atoms with Crippen LogP contribution in [-0.2, 0) is 0 Å². The summed E-state index contributed by atoms with van der Waals surface area (Å²) in [5.74, 6) is 2.55. The summed E-state index contributed by atoms with van der Waals surface area (Å²) < 4.78 is 11.1. The fourth-order valence-corrected chi connectivity index (χ4v) is 2.80. The number of aromatic nitrogens is 2. The van der Waals surface area contributed by atoms with Crippen LogP contribution in [0.25, 0.3) is 11.3 Å². The van der Waals surface area contributed by atoms with Crippen molar-refractivity contribution in [1.29, 1.82) is 0 Å². The van der Waals surface area contributed by atoms with Gasteiger partial charge in [-0.15, -0.1) is 10.2 Å². The van der Waals surface area contributed by atoms with Gasteiger partial charge in [-0.1, -0.05) is 0 Å². The second-order valence-corrected chi connectivity index (χ2v) is 5.33. The van der Waals surface area contributed by atoms with Crippen LogP contribution < -0.4 is 14.4 Å². The summed E-state index contributed by atoms with van der Waals surface area (Å²) in [4.78, 5) is 2.28.